The molecule has 2 N–H and O–H groups in total. The Kier molecular flexibility index (Phi) is 2.95. The van der Waals surface area contributed by atoms with Gasteiger partial charge in [0.1, 0.15) is 0 Å². The van der Waals surface area contributed by atoms with Crippen molar-refractivity contribution >= 4 is 19.7 Å². The first-order chi connectivity index (χ1) is 5.95. The second-order valence-electron chi connectivity index (χ2n) is 2.75. The second-order valence-corrected chi connectivity index (χ2v) is 5.29. The molecule has 72 valence electrons. The summed E-state index contributed by atoms with van der Waals surface area (Å²) in [6.45, 7) is 1.97. The maximum Gasteiger partial charge on any atom is 0.261 e. The average Bonchev–Trinajstić information content (AvgIpc) is 2.03. The van der Waals surface area contributed by atoms with E-state index in [1.54, 1.807) is 19.1 Å². The van der Waals surface area contributed by atoms with Crippen LogP contribution in [0, 0.1) is 6.92 Å². The van der Waals surface area contributed by atoms with Gasteiger partial charge in [-0.2, -0.15) is 0 Å². The highest BCUT2D eigenvalue weighted by Gasteiger charge is 2.14. The van der Waals surface area contributed by atoms with Crippen LogP contribution in [-0.2, 0) is 15.6 Å². The van der Waals surface area contributed by atoms with E-state index in [9.17, 15) is 8.42 Å². The molecule has 0 heterocycles. The van der Waals surface area contributed by atoms with Crippen molar-refractivity contribution in [3.8, 4) is 0 Å². The zero-order chi connectivity index (χ0) is 10.1. The molecule has 0 radical (unpaired) electrons. The minimum absolute atomic E-state index is 0.108. The SMILES string of the molecule is Cc1ccc(CN)c(S(=O)(=O)Cl)c1. The first-order valence-corrected chi connectivity index (χ1v) is 6.00. The van der Waals surface area contributed by atoms with Crippen molar-refractivity contribution < 1.29 is 8.42 Å². The summed E-state index contributed by atoms with van der Waals surface area (Å²) in [6.07, 6.45) is 0. The number of halogens is 1. The lowest BCUT2D eigenvalue weighted by Gasteiger charge is -2.04. The van der Waals surface area contributed by atoms with Crippen molar-refractivity contribution in [2.24, 2.45) is 5.73 Å². The van der Waals surface area contributed by atoms with Gasteiger partial charge in [-0.15, -0.1) is 0 Å². The van der Waals surface area contributed by atoms with Crippen molar-refractivity contribution in [2.45, 2.75) is 18.4 Å². The van der Waals surface area contributed by atoms with Crippen LogP contribution in [0.5, 0.6) is 0 Å². The first kappa shape index (κ1) is 10.5. The molecule has 5 heteroatoms. The van der Waals surface area contributed by atoms with E-state index >= 15 is 0 Å². The van der Waals surface area contributed by atoms with Crippen molar-refractivity contribution in [3.05, 3.63) is 29.3 Å². The van der Waals surface area contributed by atoms with Gasteiger partial charge in [0.05, 0.1) is 4.90 Å². The fourth-order valence-electron chi connectivity index (χ4n) is 1.06. The van der Waals surface area contributed by atoms with Crippen LogP contribution < -0.4 is 5.73 Å². The monoisotopic (exact) mass is 219 g/mol. The van der Waals surface area contributed by atoms with Crippen LogP contribution in [0.25, 0.3) is 0 Å². The number of rotatable bonds is 2. The van der Waals surface area contributed by atoms with Crippen molar-refractivity contribution in [1.82, 2.24) is 0 Å². The summed E-state index contributed by atoms with van der Waals surface area (Å²) in [7, 11) is 1.56. The Hall–Kier alpha value is -0.580. The van der Waals surface area contributed by atoms with E-state index in [1.165, 1.54) is 6.07 Å². The molecule has 0 amide bonds. The van der Waals surface area contributed by atoms with Gasteiger partial charge < -0.3 is 5.73 Å². The van der Waals surface area contributed by atoms with Crippen LogP contribution in [0.15, 0.2) is 23.1 Å². The summed E-state index contributed by atoms with van der Waals surface area (Å²) in [6, 6.07) is 4.99. The molecule has 0 spiro atoms. The minimum Gasteiger partial charge on any atom is -0.326 e. The number of nitrogens with two attached hydrogens (primary N) is 1. The number of aryl methyl sites for hydroxylation is 1. The van der Waals surface area contributed by atoms with Gasteiger partial charge in [0, 0.05) is 17.2 Å². The van der Waals surface area contributed by atoms with Crippen LogP contribution in [0.1, 0.15) is 11.1 Å². The number of hydrogen-bond donors (Lipinski definition) is 1. The van der Waals surface area contributed by atoms with Gasteiger partial charge in [-0.25, -0.2) is 8.42 Å². The largest absolute Gasteiger partial charge is 0.326 e. The van der Waals surface area contributed by atoms with Gasteiger partial charge in [-0.1, -0.05) is 12.1 Å². The quantitative estimate of drug-likeness (QED) is 0.765. The lowest BCUT2D eigenvalue weighted by molar-refractivity contribution is 0.608. The Morgan fingerprint density at radius 1 is 1.46 bits per heavy atom. The molecule has 0 aliphatic heterocycles. The van der Waals surface area contributed by atoms with Crippen LogP contribution in [0.4, 0.5) is 0 Å². The minimum atomic E-state index is -3.68. The molecule has 0 bridgehead atoms. The molecule has 0 aliphatic rings. The third-order valence-electron chi connectivity index (χ3n) is 1.71. The first-order valence-electron chi connectivity index (χ1n) is 3.69. The lowest BCUT2D eigenvalue weighted by Crippen LogP contribution is -2.04. The number of benzene rings is 1. The van der Waals surface area contributed by atoms with Gasteiger partial charge in [0.25, 0.3) is 9.05 Å². The molecule has 3 nitrogen and oxygen atoms in total. The predicted octanol–water partition coefficient (Wildman–Crippen LogP) is 1.38. The molecule has 1 aromatic rings. The maximum atomic E-state index is 11.1. The summed E-state index contributed by atoms with van der Waals surface area (Å²) in [4.78, 5) is 0.108. The van der Waals surface area contributed by atoms with E-state index in [-0.39, 0.29) is 11.4 Å². The molecule has 0 fully saturated rings. The van der Waals surface area contributed by atoms with Crippen molar-refractivity contribution in [2.75, 3.05) is 0 Å². The highest BCUT2D eigenvalue weighted by atomic mass is 35.7. The van der Waals surface area contributed by atoms with Gasteiger partial charge in [-0.3, -0.25) is 0 Å². The summed E-state index contributed by atoms with van der Waals surface area (Å²) in [5.41, 5.74) is 6.76. The molecule has 0 unspecified atom stereocenters. The number of hydrogen-bond acceptors (Lipinski definition) is 3. The van der Waals surface area contributed by atoms with Crippen LogP contribution >= 0.6 is 10.7 Å². The molecule has 1 rings (SSSR count). The maximum absolute atomic E-state index is 11.1. The lowest BCUT2D eigenvalue weighted by atomic mass is 10.1. The van der Waals surface area contributed by atoms with Gasteiger partial charge in [-0.05, 0) is 24.1 Å². The van der Waals surface area contributed by atoms with E-state index in [0.717, 1.165) is 5.56 Å². The highest BCUT2D eigenvalue weighted by molar-refractivity contribution is 8.13. The van der Waals surface area contributed by atoms with Gasteiger partial charge >= 0.3 is 0 Å². The van der Waals surface area contributed by atoms with E-state index < -0.39 is 9.05 Å². The zero-order valence-electron chi connectivity index (χ0n) is 7.12. The summed E-state index contributed by atoms with van der Waals surface area (Å²) in [5.74, 6) is 0. The smallest absolute Gasteiger partial charge is 0.261 e. The molecular formula is C8H10ClNO2S. The van der Waals surface area contributed by atoms with E-state index in [0.29, 0.717) is 5.56 Å². The van der Waals surface area contributed by atoms with Crippen LogP contribution in [-0.4, -0.2) is 8.42 Å². The summed E-state index contributed by atoms with van der Waals surface area (Å²) < 4.78 is 22.1. The van der Waals surface area contributed by atoms with E-state index in [4.69, 9.17) is 16.4 Å². The highest BCUT2D eigenvalue weighted by Crippen LogP contribution is 2.20. The molecule has 0 aliphatic carbocycles. The normalized spacial score (nSPS) is 11.6. The fraction of sp³-hybridized carbons (Fsp3) is 0.250. The Labute approximate surface area is 81.9 Å². The third-order valence-corrected chi connectivity index (χ3v) is 3.11. The van der Waals surface area contributed by atoms with Crippen LogP contribution in [0.3, 0.4) is 0 Å². The molecule has 0 saturated carbocycles. The molecule has 0 atom stereocenters. The molecule has 0 aromatic heterocycles. The third kappa shape index (κ3) is 2.43. The van der Waals surface area contributed by atoms with E-state index in [2.05, 4.69) is 0 Å². The van der Waals surface area contributed by atoms with Gasteiger partial charge in [0.2, 0.25) is 0 Å². The molecule has 1 aromatic carbocycles. The summed E-state index contributed by atoms with van der Waals surface area (Å²) in [5, 5.41) is 0. The molecule has 0 saturated heterocycles. The van der Waals surface area contributed by atoms with Crippen molar-refractivity contribution in [1.29, 1.82) is 0 Å². The Balaban J connectivity index is 3.41. The standard InChI is InChI=1S/C8H10ClNO2S/c1-6-2-3-7(5-10)8(4-6)13(9,11)12/h2-4H,5,10H2,1H3. The average molecular weight is 220 g/mol. The topological polar surface area (TPSA) is 60.2 Å². The Morgan fingerprint density at radius 2 is 2.08 bits per heavy atom. The fourth-order valence-corrected chi connectivity index (χ4v) is 2.28. The second kappa shape index (κ2) is 3.65. The predicted molar refractivity (Wildman–Crippen MR) is 52.1 cm³/mol. The molecule has 13 heavy (non-hydrogen) atoms. The molecular weight excluding hydrogens is 210 g/mol. The van der Waals surface area contributed by atoms with Crippen molar-refractivity contribution in [3.63, 3.8) is 0 Å². The van der Waals surface area contributed by atoms with Gasteiger partial charge in [0.15, 0.2) is 0 Å². The van der Waals surface area contributed by atoms with E-state index in [1.807, 2.05) is 0 Å². The summed E-state index contributed by atoms with van der Waals surface area (Å²) >= 11 is 0. The Bertz CT molecular complexity index is 414. The zero-order valence-corrected chi connectivity index (χ0v) is 8.69. The van der Waals surface area contributed by atoms with Crippen LogP contribution in [0.2, 0.25) is 0 Å². The Morgan fingerprint density at radius 3 is 2.54 bits per heavy atom.